The van der Waals surface area contributed by atoms with E-state index in [1.54, 1.807) is 0 Å². The number of carbonyl (C=O) groups is 2. The Morgan fingerprint density at radius 1 is 1.22 bits per heavy atom. The molecule has 0 saturated heterocycles. The van der Waals surface area contributed by atoms with Crippen molar-refractivity contribution in [2.24, 2.45) is 0 Å². The Morgan fingerprint density at radius 2 is 1.83 bits per heavy atom. The lowest BCUT2D eigenvalue weighted by Gasteiger charge is -2.12. The third kappa shape index (κ3) is 2.63. The van der Waals surface area contributed by atoms with Crippen LogP contribution in [0, 0.1) is 0 Å². The fraction of sp³-hybridized carbons (Fsp3) is 0.286. The number of carbonyl (C=O) groups excluding carboxylic acids is 2. The summed E-state index contributed by atoms with van der Waals surface area (Å²) in [5, 5.41) is 0. The first kappa shape index (κ1) is 15.3. The smallest absolute Gasteiger partial charge is 0.352 e. The van der Waals surface area contributed by atoms with Crippen LogP contribution >= 0.6 is 0 Å². The normalized spacial score (nSPS) is 13.7. The molecule has 0 saturated carbocycles. The van der Waals surface area contributed by atoms with Crippen LogP contribution in [0.15, 0.2) is 16.6 Å². The van der Waals surface area contributed by atoms with Crippen molar-refractivity contribution in [3.8, 4) is 11.5 Å². The predicted molar refractivity (Wildman–Crippen MR) is 77.2 cm³/mol. The highest BCUT2D eigenvalue weighted by atomic mass is 32.2. The minimum Gasteiger partial charge on any atom is -0.449 e. The van der Waals surface area contributed by atoms with Gasteiger partial charge < -0.3 is 18.1 Å². The van der Waals surface area contributed by atoms with Gasteiger partial charge in [-0.3, -0.25) is 0 Å². The van der Waals surface area contributed by atoms with Crippen molar-refractivity contribution in [2.45, 2.75) is 26.4 Å². The van der Waals surface area contributed by atoms with Crippen LogP contribution in [0.4, 0.5) is 0 Å². The number of benzene rings is 1. The van der Waals surface area contributed by atoms with Gasteiger partial charge in [-0.25, -0.2) is 9.59 Å². The van der Waals surface area contributed by atoms with Crippen molar-refractivity contribution in [3.63, 3.8) is 0 Å². The summed E-state index contributed by atoms with van der Waals surface area (Å²) in [4.78, 5) is 23.4. The van der Waals surface area contributed by atoms with Crippen molar-refractivity contribution < 1.29 is 36.1 Å². The lowest BCUT2D eigenvalue weighted by Crippen LogP contribution is -2.28. The summed E-state index contributed by atoms with van der Waals surface area (Å²) in [5.74, 6) is -1.89. The zero-order chi connectivity index (χ0) is 16.9. The Kier molecular flexibility index (Phi) is 3.52. The van der Waals surface area contributed by atoms with Crippen molar-refractivity contribution in [1.82, 2.24) is 0 Å². The Hall–Kier alpha value is -2.55. The van der Waals surface area contributed by atoms with E-state index in [9.17, 15) is 18.0 Å². The number of fused-ring (bicyclic) bond motifs is 5. The van der Waals surface area contributed by atoms with Crippen molar-refractivity contribution in [1.29, 1.82) is 0 Å². The molecule has 0 fully saturated rings. The summed E-state index contributed by atoms with van der Waals surface area (Å²) in [5.41, 5.74) is 2.35. The second-order valence-corrected chi connectivity index (χ2v) is 5.75. The summed E-state index contributed by atoms with van der Waals surface area (Å²) >= 11 is 0. The molecule has 2 aromatic rings. The molecule has 2 heterocycles. The Morgan fingerprint density at radius 3 is 2.39 bits per heavy atom. The molecule has 2 aromatic heterocycles. The quantitative estimate of drug-likeness (QED) is 0.307. The largest absolute Gasteiger partial charge is 0.449 e. The molecule has 1 unspecified atom stereocenters. The third-order valence-electron chi connectivity index (χ3n) is 3.30. The zero-order valence-corrected chi connectivity index (χ0v) is 13.1. The lowest BCUT2D eigenvalue weighted by molar-refractivity contribution is -0.158. The Labute approximate surface area is 132 Å². The minimum absolute atomic E-state index is 0.112. The molecule has 0 spiro atoms. The van der Waals surface area contributed by atoms with E-state index in [-0.39, 0.29) is 28.2 Å². The number of hydrogen-bond donors (Lipinski definition) is 1. The monoisotopic (exact) mass is 340 g/mol. The number of ether oxygens (including phenoxy) is 2. The Balaban J connectivity index is 1.81. The van der Waals surface area contributed by atoms with Gasteiger partial charge in [0.25, 0.3) is 11.0 Å². The van der Waals surface area contributed by atoms with Gasteiger partial charge in [0, 0.05) is 23.1 Å². The molecule has 0 amide bonds. The molecular formula is C14H12O8S. The van der Waals surface area contributed by atoms with Gasteiger partial charge in [0.15, 0.2) is 17.3 Å². The van der Waals surface area contributed by atoms with Gasteiger partial charge in [-0.2, -0.15) is 8.42 Å². The standard InChI is InChI=1S/C14H12O8S/c1-5(2)13(15)19-6(3)14(16)21-11-9-7-4-8(7)10(20-9)12(11)22-23(17)18/h6,23H,1,4H2,2-3H3. The topological polar surface area (TPSA) is 109 Å². The molecular weight excluding hydrogens is 328 g/mol. The molecule has 0 aliphatic heterocycles. The molecule has 2 bridgehead atoms. The number of thiol groups is 1. The summed E-state index contributed by atoms with van der Waals surface area (Å²) < 4.78 is 41.6. The second-order valence-electron chi connectivity index (χ2n) is 5.12. The first-order chi connectivity index (χ1) is 10.8. The van der Waals surface area contributed by atoms with Crippen LogP contribution in [0.3, 0.4) is 0 Å². The molecule has 0 N–H and O–H groups in total. The van der Waals surface area contributed by atoms with Gasteiger partial charge in [0.1, 0.15) is 0 Å². The average molecular weight is 340 g/mol. The Bertz CT molecular complexity index is 895. The number of rotatable bonds is 6. The molecule has 1 aliphatic rings. The van der Waals surface area contributed by atoms with Crippen molar-refractivity contribution in [3.05, 3.63) is 23.3 Å². The molecule has 1 atom stereocenters. The maximum atomic E-state index is 12.0. The number of furan rings is 2. The van der Waals surface area contributed by atoms with Crippen LogP contribution in [-0.4, -0.2) is 26.5 Å². The maximum Gasteiger partial charge on any atom is 0.352 e. The number of hydrogen-bond acceptors (Lipinski definition) is 8. The van der Waals surface area contributed by atoms with Crippen LogP contribution < -0.4 is 8.92 Å². The summed E-state index contributed by atoms with van der Waals surface area (Å²) in [6.07, 6.45) is -0.569. The SMILES string of the molecule is C=C(C)C(=O)OC(C)C(=O)Oc1c(O[SH](=O)=O)c2oc1c1c2C1. The first-order valence-corrected chi connectivity index (χ1v) is 7.69. The van der Waals surface area contributed by atoms with Crippen molar-refractivity contribution >= 4 is 34.1 Å². The molecule has 0 radical (unpaired) electrons. The van der Waals surface area contributed by atoms with E-state index in [0.29, 0.717) is 6.42 Å². The van der Waals surface area contributed by atoms with Gasteiger partial charge in [0.2, 0.25) is 11.5 Å². The molecule has 122 valence electrons. The highest BCUT2D eigenvalue weighted by Crippen LogP contribution is 2.54. The molecule has 1 aliphatic carbocycles. The average Bonchev–Trinajstić information content (AvgIpc) is 3.09. The van der Waals surface area contributed by atoms with Crippen LogP contribution in [-0.2, 0) is 31.7 Å². The van der Waals surface area contributed by atoms with E-state index in [1.807, 2.05) is 0 Å². The second kappa shape index (κ2) is 5.27. The molecule has 0 aromatic carbocycles. The van der Waals surface area contributed by atoms with Gasteiger partial charge >= 0.3 is 11.9 Å². The number of esters is 2. The molecule has 9 heteroatoms. The van der Waals surface area contributed by atoms with E-state index in [4.69, 9.17) is 13.9 Å². The minimum atomic E-state index is -3.20. The van der Waals surface area contributed by atoms with E-state index in [0.717, 1.165) is 11.1 Å². The van der Waals surface area contributed by atoms with Crippen molar-refractivity contribution in [2.75, 3.05) is 0 Å². The van der Waals surface area contributed by atoms with Gasteiger partial charge in [-0.1, -0.05) is 6.58 Å². The third-order valence-corrected chi connectivity index (χ3v) is 3.63. The lowest BCUT2D eigenvalue weighted by atomic mass is 10.3. The van der Waals surface area contributed by atoms with Crippen LogP contribution in [0.1, 0.15) is 25.0 Å². The van der Waals surface area contributed by atoms with E-state index in [1.165, 1.54) is 13.8 Å². The molecule has 8 nitrogen and oxygen atoms in total. The zero-order valence-electron chi connectivity index (χ0n) is 12.2. The fourth-order valence-electron chi connectivity index (χ4n) is 2.11. The summed E-state index contributed by atoms with van der Waals surface area (Å²) in [7, 11) is -3.20. The fourth-order valence-corrected chi connectivity index (χ4v) is 2.42. The predicted octanol–water partition coefficient (Wildman–Crippen LogP) is 1.09. The maximum absolute atomic E-state index is 12.0. The summed E-state index contributed by atoms with van der Waals surface area (Å²) in [6, 6.07) is 0. The van der Waals surface area contributed by atoms with E-state index < -0.39 is 29.0 Å². The van der Waals surface area contributed by atoms with Crippen LogP contribution in [0.5, 0.6) is 11.5 Å². The van der Waals surface area contributed by atoms with Gasteiger partial charge in [-0.15, -0.1) is 0 Å². The molecule has 23 heavy (non-hydrogen) atoms. The molecule has 3 rings (SSSR count). The summed E-state index contributed by atoms with van der Waals surface area (Å²) in [6.45, 7) is 6.17. The first-order valence-electron chi connectivity index (χ1n) is 6.59. The van der Waals surface area contributed by atoms with Crippen LogP contribution in [0.2, 0.25) is 0 Å². The van der Waals surface area contributed by atoms with Gasteiger partial charge in [-0.05, 0) is 13.8 Å². The highest BCUT2D eigenvalue weighted by molar-refractivity contribution is 7.67. The highest BCUT2D eigenvalue weighted by Gasteiger charge is 2.39. The van der Waals surface area contributed by atoms with Gasteiger partial charge in [0.05, 0.1) is 0 Å². The van der Waals surface area contributed by atoms with Crippen LogP contribution in [0.25, 0.3) is 11.2 Å². The van der Waals surface area contributed by atoms with E-state index in [2.05, 4.69) is 10.8 Å². The van der Waals surface area contributed by atoms with E-state index >= 15 is 0 Å².